The number of rotatable bonds is 5. The van der Waals surface area contributed by atoms with Crippen LogP contribution < -0.4 is 10.6 Å². The minimum Gasteiger partial charge on any atom is -0.466 e. The maximum atomic E-state index is 12.6. The Morgan fingerprint density at radius 2 is 1.88 bits per heavy atom. The number of benzene rings is 1. The third-order valence-electron chi connectivity index (χ3n) is 4.30. The first-order valence-corrected chi connectivity index (χ1v) is 8.44. The highest BCUT2D eigenvalue weighted by Gasteiger charge is 2.19. The van der Waals surface area contributed by atoms with Crippen molar-refractivity contribution in [3.05, 3.63) is 41.1 Å². The van der Waals surface area contributed by atoms with E-state index in [9.17, 15) is 9.59 Å². The summed E-state index contributed by atoms with van der Waals surface area (Å²) in [4.78, 5) is 24.2. The highest BCUT2D eigenvalue weighted by Crippen LogP contribution is 2.20. The summed E-state index contributed by atoms with van der Waals surface area (Å²) in [5, 5.41) is 6.10. The normalized spacial score (nSPS) is 15.7. The smallest absolute Gasteiger partial charge is 0.332 e. The van der Waals surface area contributed by atoms with Crippen LogP contribution in [0, 0.1) is 13.8 Å². The number of anilines is 1. The lowest BCUT2D eigenvalue weighted by Gasteiger charge is -2.23. The Balaban J connectivity index is 2.16. The summed E-state index contributed by atoms with van der Waals surface area (Å²) in [5.41, 5.74) is 3.16. The third kappa shape index (κ3) is 5.11. The molecular formula is C19H26N2O3. The van der Waals surface area contributed by atoms with E-state index >= 15 is 0 Å². The number of carbonyl (C=O) groups excluding carboxylic acids is 2. The molecule has 0 radical (unpaired) electrons. The molecule has 0 bridgehead atoms. The molecule has 1 aromatic carbocycles. The molecule has 1 aliphatic rings. The Bertz CT molecular complexity index is 631. The Morgan fingerprint density at radius 3 is 2.50 bits per heavy atom. The quantitative estimate of drug-likeness (QED) is 0.642. The van der Waals surface area contributed by atoms with Gasteiger partial charge in [-0.05, 0) is 38.3 Å². The van der Waals surface area contributed by atoms with Gasteiger partial charge in [0, 0.05) is 11.7 Å². The van der Waals surface area contributed by atoms with E-state index in [-0.39, 0.29) is 17.6 Å². The number of esters is 1. The van der Waals surface area contributed by atoms with Crippen LogP contribution in [0.15, 0.2) is 30.0 Å². The van der Waals surface area contributed by atoms with E-state index in [1.165, 1.54) is 19.6 Å². The van der Waals surface area contributed by atoms with Crippen LogP contribution in [-0.4, -0.2) is 25.0 Å². The van der Waals surface area contributed by atoms with Gasteiger partial charge in [-0.15, -0.1) is 0 Å². The van der Waals surface area contributed by atoms with Crippen molar-refractivity contribution in [2.45, 2.75) is 52.0 Å². The van der Waals surface area contributed by atoms with Crippen molar-refractivity contribution in [1.82, 2.24) is 5.32 Å². The molecule has 0 spiro atoms. The van der Waals surface area contributed by atoms with Crippen LogP contribution in [-0.2, 0) is 14.3 Å². The Morgan fingerprint density at radius 1 is 1.17 bits per heavy atom. The first-order chi connectivity index (χ1) is 11.5. The number of hydrogen-bond acceptors (Lipinski definition) is 4. The summed E-state index contributed by atoms with van der Waals surface area (Å²) in [5.74, 6) is -0.826. The molecule has 1 aliphatic carbocycles. The van der Waals surface area contributed by atoms with Gasteiger partial charge in [0.15, 0.2) is 0 Å². The number of methoxy groups -OCH3 is 1. The first-order valence-electron chi connectivity index (χ1n) is 8.44. The molecule has 1 amide bonds. The molecule has 0 saturated heterocycles. The second kappa shape index (κ2) is 8.52. The fourth-order valence-corrected chi connectivity index (χ4v) is 2.94. The average Bonchev–Trinajstić information content (AvgIpc) is 2.57. The van der Waals surface area contributed by atoms with Crippen LogP contribution in [0.3, 0.4) is 0 Å². The van der Waals surface area contributed by atoms with E-state index in [1.807, 2.05) is 32.0 Å². The molecule has 1 aromatic rings. The van der Waals surface area contributed by atoms with E-state index in [4.69, 9.17) is 0 Å². The molecule has 0 heterocycles. The molecule has 0 aliphatic heterocycles. The molecule has 1 fully saturated rings. The lowest BCUT2D eigenvalue weighted by Crippen LogP contribution is -2.38. The maximum absolute atomic E-state index is 12.6. The van der Waals surface area contributed by atoms with Gasteiger partial charge >= 0.3 is 5.97 Å². The number of carbonyl (C=O) groups is 2. The van der Waals surface area contributed by atoms with Crippen molar-refractivity contribution >= 4 is 17.6 Å². The molecule has 0 atom stereocenters. The van der Waals surface area contributed by atoms with Crippen LogP contribution in [0.25, 0.3) is 0 Å². The van der Waals surface area contributed by atoms with Gasteiger partial charge in [0.1, 0.15) is 5.70 Å². The van der Waals surface area contributed by atoms with Crippen molar-refractivity contribution in [1.29, 1.82) is 0 Å². The zero-order chi connectivity index (χ0) is 17.5. The SMILES string of the molecule is COC(=O)/C=C(\Nc1ccc(C)cc1C)C(=O)NC1CCCCC1. The minimum atomic E-state index is -0.555. The topological polar surface area (TPSA) is 67.4 Å². The number of amides is 1. The summed E-state index contributed by atoms with van der Waals surface area (Å²) >= 11 is 0. The summed E-state index contributed by atoms with van der Waals surface area (Å²) in [7, 11) is 1.30. The van der Waals surface area contributed by atoms with Gasteiger partial charge in [0.2, 0.25) is 0 Å². The number of nitrogens with one attached hydrogen (secondary N) is 2. The van der Waals surface area contributed by atoms with Crippen molar-refractivity contribution in [3.63, 3.8) is 0 Å². The van der Waals surface area contributed by atoms with Crippen LogP contribution in [0.5, 0.6) is 0 Å². The maximum Gasteiger partial charge on any atom is 0.332 e. The van der Waals surface area contributed by atoms with Crippen molar-refractivity contribution < 1.29 is 14.3 Å². The number of ether oxygens (including phenoxy) is 1. The van der Waals surface area contributed by atoms with E-state index in [0.29, 0.717) is 0 Å². The van der Waals surface area contributed by atoms with Crippen LogP contribution in [0.4, 0.5) is 5.69 Å². The molecule has 5 heteroatoms. The van der Waals surface area contributed by atoms with Crippen LogP contribution in [0.2, 0.25) is 0 Å². The summed E-state index contributed by atoms with van der Waals surface area (Å²) in [6.45, 7) is 3.97. The number of hydrogen-bond donors (Lipinski definition) is 2. The highest BCUT2D eigenvalue weighted by molar-refractivity contribution is 6.02. The van der Waals surface area contributed by atoms with Crippen molar-refractivity contribution in [2.24, 2.45) is 0 Å². The van der Waals surface area contributed by atoms with E-state index in [2.05, 4.69) is 15.4 Å². The average molecular weight is 330 g/mol. The van der Waals surface area contributed by atoms with Crippen molar-refractivity contribution in [2.75, 3.05) is 12.4 Å². The predicted molar refractivity (Wildman–Crippen MR) is 94.7 cm³/mol. The molecule has 1 saturated carbocycles. The summed E-state index contributed by atoms with van der Waals surface area (Å²) in [6, 6.07) is 6.07. The Kier molecular flexibility index (Phi) is 6.41. The standard InChI is InChI=1S/C19H26N2O3/c1-13-9-10-16(14(2)11-13)21-17(12-18(22)24-3)19(23)20-15-7-5-4-6-8-15/h9-12,15,21H,4-8H2,1-3H3,(H,20,23)/b17-12-. The predicted octanol–water partition coefficient (Wildman–Crippen LogP) is 3.22. The third-order valence-corrected chi connectivity index (χ3v) is 4.30. The van der Waals surface area contributed by atoms with Gasteiger partial charge in [-0.3, -0.25) is 4.79 Å². The molecule has 24 heavy (non-hydrogen) atoms. The second-order valence-electron chi connectivity index (χ2n) is 6.33. The van der Waals surface area contributed by atoms with Gasteiger partial charge in [-0.2, -0.15) is 0 Å². The largest absolute Gasteiger partial charge is 0.466 e. The summed E-state index contributed by atoms with van der Waals surface area (Å²) in [6.07, 6.45) is 6.66. The van der Waals surface area contributed by atoms with E-state index in [0.717, 1.165) is 42.5 Å². The van der Waals surface area contributed by atoms with Gasteiger partial charge < -0.3 is 15.4 Å². The monoisotopic (exact) mass is 330 g/mol. The fourth-order valence-electron chi connectivity index (χ4n) is 2.94. The molecule has 2 rings (SSSR count). The zero-order valence-corrected chi connectivity index (χ0v) is 14.6. The van der Waals surface area contributed by atoms with Gasteiger partial charge in [0.05, 0.1) is 13.2 Å². The minimum absolute atomic E-state index is 0.174. The fraction of sp³-hybridized carbons (Fsp3) is 0.474. The van der Waals surface area contributed by atoms with Gasteiger partial charge in [0.25, 0.3) is 5.91 Å². The first kappa shape index (κ1) is 18.0. The molecule has 2 N–H and O–H groups in total. The van der Waals surface area contributed by atoms with Gasteiger partial charge in [-0.1, -0.05) is 37.0 Å². The zero-order valence-electron chi connectivity index (χ0n) is 14.6. The lowest BCUT2D eigenvalue weighted by atomic mass is 9.95. The molecular weight excluding hydrogens is 304 g/mol. The Hall–Kier alpha value is -2.30. The van der Waals surface area contributed by atoms with E-state index < -0.39 is 5.97 Å². The number of aryl methyl sites for hydroxylation is 2. The molecule has 5 nitrogen and oxygen atoms in total. The van der Waals surface area contributed by atoms with Crippen molar-refractivity contribution in [3.8, 4) is 0 Å². The van der Waals surface area contributed by atoms with Crippen LogP contribution in [0.1, 0.15) is 43.2 Å². The summed E-state index contributed by atoms with van der Waals surface area (Å²) < 4.78 is 4.67. The van der Waals surface area contributed by atoms with Crippen LogP contribution >= 0.6 is 0 Å². The van der Waals surface area contributed by atoms with E-state index in [1.54, 1.807) is 0 Å². The molecule has 0 aromatic heterocycles. The van der Waals surface area contributed by atoms with Gasteiger partial charge in [-0.25, -0.2) is 4.79 Å². The lowest BCUT2D eigenvalue weighted by molar-refractivity contribution is -0.135. The Labute approximate surface area is 143 Å². The second-order valence-corrected chi connectivity index (χ2v) is 6.33. The molecule has 0 unspecified atom stereocenters. The molecule has 130 valence electrons. The highest BCUT2D eigenvalue weighted by atomic mass is 16.5.